The Morgan fingerprint density at radius 1 is 1.32 bits per heavy atom. The molecule has 1 N–H and O–H groups in total. The maximum Gasteiger partial charge on any atom is 0.272 e. The van der Waals surface area contributed by atoms with Gasteiger partial charge in [-0.05, 0) is 6.07 Å². The van der Waals surface area contributed by atoms with Gasteiger partial charge in [-0.25, -0.2) is 9.97 Å². The average Bonchev–Trinajstić information content (AvgIpc) is 2.83. The zero-order chi connectivity index (χ0) is 13.2. The molecule has 6 heteroatoms. The van der Waals surface area contributed by atoms with E-state index in [9.17, 15) is 4.79 Å². The molecule has 1 unspecified atom stereocenters. The van der Waals surface area contributed by atoms with E-state index in [0.717, 1.165) is 11.3 Å². The number of halogens is 1. The summed E-state index contributed by atoms with van der Waals surface area (Å²) in [4.78, 5) is 19.8. The molecule has 1 amide bonds. The standard InChI is InChI=1S/C13H10ClN3O2/c14-12-6-15-9(5-16-12)13(18)17-10-7-19-11-4-2-1-3-8(10)11/h1-6,10H,7H2,(H,17,18). The van der Waals surface area contributed by atoms with E-state index in [1.165, 1.54) is 12.4 Å². The quantitative estimate of drug-likeness (QED) is 0.910. The lowest BCUT2D eigenvalue weighted by atomic mass is 10.1. The van der Waals surface area contributed by atoms with Crippen LogP contribution < -0.4 is 10.1 Å². The molecule has 1 aromatic heterocycles. The summed E-state index contributed by atoms with van der Waals surface area (Å²) in [5.41, 5.74) is 1.20. The summed E-state index contributed by atoms with van der Waals surface area (Å²) >= 11 is 5.63. The van der Waals surface area contributed by atoms with Gasteiger partial charge in [-0.3, -0.25) is 4.79 Å². The number of nitrogens with zero attached hydrogens (tertiary/aromatic N) is 2. The molecule has 1 atom stereocenters. The highest BCUT2D eigenvalue weighted by molar-refractivity contribution is 6.29. The number of hydrogen-bond acceptors (Lipinski definition) is 4. The lowest BCUT2D eigenvalue weighted by Crippen LogP contribution is -2.30. The summed E-state index contributed by atoms with van der Waals surface area (Å²) in [6.45, 7) is 0.423. The lowest BCUT2D eigenvalue weighted by molar-refractivity contribution is 0.0925. The van der Waals surface area contributed by atoms with Crippen molar-refractivity contribution in [2.24, 2.45) is 0 Å². The van der Waals surface area contributed by atoms with Crippen molar-refractivity contribution in [2.75, 3.05) is 6.61 Å². The molecule has 2 aromatic rings. The fourth-order valence-corrected chi connectivity index (χ4v) is 2.04. The largest absolute Gasteiger partial charge is 0.491 e. The molecule has 2 heterocycles. The smallest absolute Gasteiger partial charge is 0.272 e. The first kappa shape index (κ1) is 11.9. The van der Waals surface area contributed by atoms with Crippen LogP contribution in [0.2, 0.25) is 5.15 Å². The second-order valence-electron chi connectivity index (χ2n) is 4.10. The molecule has 0 spiro atoms. The van der Waals surface area contributed by atoms with Crippen LogP contribution >= 0.6 is 11.6 Å². The number of para-hydroxylation sites is 1. The number of hydrogen-bond donors (Lipinski definition) is 1. The number of benzene rings is 1. The van der Waals surface area contributed by atoms with Crippen molar-refractivity contribution < 1.29 is 9.53 Å². The number of fused-ring (bicyclic) bond motifs is 1. The average molecular weight is 276 g/mol. The van der Waals surface area contributed by atoms with Gasteiger partial charge in [0.1, 0.15) is 23.2 Å². The van der Waals surface area contributed by atoms with E-state index in [2.05, 4.69) is 15.3 Å². The van der Waals surface area contributed by atoms with Crippen molar-refractivity contribution in [3.05, 3.63) is 53.1 Å². The van der Waals surface area contributed by atoms with Crippen molar-refractivity contribution in [3.8, 4) is 5.75 Å². The zero-order valence-electron chi connectivity index (χ0n) is 9.84. The minimum absolute atomic E-state index is 0.166. The molecule has 1 aliphatic rings. The monoisotopic (exact) mass is 275 g/mol. The van der Waals surface area contributed by atoms with E-state index in [1.807, 2.05) is 24.3 Å². The fraction of sp³-hybridized carbons (Fsp3) is 0.154. The van der Waals surface area contributed by atoms with E-state index in [-0.39, 0.29) is 22.8 Å². The molecule has 3 rings (SSSR count). The number of amides is 1. The van der Waals surface area contributed by atoms with Gasteiger partial charge in [-0.2, -0.15) is 0 Å². The van der Waals surface area contributed by atoms with Crippen molar-refractivity contribution >= 4 is 17.5 Å². The van der Waals surface area contributed by atoms with Gasteiger partial charge < -0.3 is 10.1 Å². The molecule has 0 radical (unpaired) electrons. The zero-order valence-corrected chi connectivity index (χ0v) is 10.6. The summed E-state index contributed by atoms with van der Waals surface area (Å²) in [5.74, 6) is 0.504. The normalized spacial score (nSPS) is 16.6. The number of carbonyl (C=O) groups excluding carboxylic acids is 1. The Morgan fingerprint density at radius 3 is 2.95 bits per heavy atom. The lowest BCUT2D eigenvalue weighted by Gasteiger charge is -2.10. The minimum Gasteiger partial charge on any atom is -0.491 e. The van der Waals surface area contributed by atoms with Crippen LogP contribution in [0.15, 0.2) is 36.7 Å². The number of aromatic nitrogens is 2. The molecule has 0 saturated carbocycles. The Hall–Kier alpha value is -2.14. The predicted molar refractivity (Wildman–Crippen MR) is 69.2 cm³/mol. The Morgan fingerprint density at radius 2 is 2.16 bits per heavy atom. The number of rotatable bonds is 2. The first-order chi connectivity index (χ1) is 9.24. The molecule has 1 aromatic carbocycles. The van der Waals surface area contributed by atoms with E-state index in [0.29, 0.717) is 6.61 Å². The van der Waals surface area contributed by atoms with Gasteiger partial charge in [0.25, 0.3) is 5.91 Å². The van der Waals surface area contributed by atoms with Crippen LogP contribution in [-0.2, 0) is 0 Å². The van der Waals surface area contributed by atoms with Crippen LogP contribution in [0.1, 0.15) is 22.1 Å². The SMILES string of the molecule is O=C(NC1COc2ccccc21)c1cnc(Cl)cn1. The number of nitrogens with one attached hydrogen (secondary N) is 1. The molecule has 5 nitrogen and oxygen atoms in total. The molecule has 0 saturated heterocycles. The highest BCUT2D eigenvalue weighted by Crippen LogP contribution is 2.31. The topological polar surface area (TPSA) is 64.1 Å². The maximum absolute atomic E-state index is 12.0. The Bertz CT molecular complexity index is 616. The molecule has 0 bridgehead atoms. The van der Waals surface area contributed by atoms with Gasteiger partial charge in [0, 0.05) is 5.56 Å². The van der Waals surface area contributed by atoms with Gasteiger partial charge in [0.05, 0.1) is 18.4 Å². The van der Waals surface area contributed by atoms with Gasteiger partial charge in [0.2, 0.25) is 0 Å². The van der Waals surface area contributed by atoms with Gasteiger partial charge in [-0.15, -0.1) is 0 Å². The van der Waals surface area contributed by atoms with E-state index in [4.69, 9.17) is 16.3 Å². The summed E-state index contributed by atoms with van der Waals surface area (Å²) in [5, 5.41) is 3.12. The van der Waals surface area contributed by atoms with Crippen LogP contribution in [0, 0.1) is 0 Å². The van der Waals surface area contributed by atoms with E-state index >= 15 is 0 Å². The summed E-state index contributed by atoms with van der Waals surface area (Å²) < 4.78 is 5.50. The third-order valence-electron chi connectivity index (χ3n) is 2.86. The minimum atomic E-state index is -0.297. The summed E-state index contributed by atoms with van der Waals surface area (Å²) in [6, 6.07) is 7.45. The van der Waals surface area contributed by atoms with Crippen molar-refractivity contribution in [3.63, 3.8) is 0 Å². The van der Waals surface area contributed by atoms with Gasteiger partial charge in [-0.1, -0.05) is 29.8 Å². The second kappa shape index (κ2) is 4.85. The third kappa shape index (κ3) is 2.37. The molecule has 0 fully saturated rings. The molecular weight excluding hydrogens is 266 g/mol. The van der Waals surface area contributed by atoms with Crippen molar-refractivity contribution in [1.82, 2.24) is 15.3 Å². The van der Waals surface area contributed by atoms with Crippen molar-refractivity contribution in [1.29, 1.82) is 0 Å². The first-order valence-corrected chi connectivity index (χ1v) is 6.12. The van der Waals surface area contributed by atoms with Crippen LogP contribution in [-0.4, -0.2) is 22.5 Å². The fourth-order valence-electron chi connectivity index (χ4n) is 1.94. The molecule has 0 aliphatic carbocycles. The van der Waals surface area contributed by atoms with E-state index < -0.39 is 0 Å². The second-order valence-corrected chi connectivity index (χ2v) is 4.49. The predicted octanol–water partition coefficient (Wildman–Crippen LogP) is 1.99. The molecule has 96 valence electrons. The van der Waals surface area contributed by atoms with E-state index in [1.54, 1.807) is 0 Å². The van der Waals surface area contributed by atoms with Crippen LogP contribution in [0.25, 0.3) is 0 Å². The van der Waals surface area contributed by atoms with Crippen LogP contribution in [0.4, 0.5) is 0 Å². The third-order valence-corrected chi connectivity index (χ3v) is 3.05. The van der Waals surface area contributed by atoms with Crippen LogP contribution in [0.3, 0.4) is 0 Å². The molecule has 1 aliphatic heterocycles. The number of ether oxygens (including phenoxy) is 1. The summed E-state index contributed by atoms with van der Waals surface area (Å²) in [6.07, 6.45) is 2.69. The summed E-state index contributed by atoms with van der Waals surface area (Å²) in [7, 11) is 0. The maximum atomic E-state index is 12.0. The number of carbonyl (C=O) groups is 1. The highest BCUT2D eigenvalue weighted by Gasteiger charge is 2.25. The molecule has 19 heavy (non-hydrogen) atoms. The van der Waals surface area contributed by atoms with Gasteiger partial charge in [0.15, 0.2) is 0 Å². The highest BCUT2D eigenvalue weighted by atomic mass is 35.5. The molecular formula is C13H10ClN3O2. The van der Waals surface area contributed by atoms with Gasteiger partial charge >= 0.3 is 0 Å². The first-order valence-electron chi connectivity index (χ1n) is 5.74. The van der Waals surface area contributed by atoms with Crippen LogP contribution in [0.5, 0.6) is 5.75 Å². The Labute approximate surface area is 114 Å². The van der Waals surface area contributed by atoms with Crippen molar-refractivity contribution in [2.45, 2.75) is 6.04 Å². The Balaban J connectivity index is 1.76. The Kier molecular flexibility index (Phi) is 3.05.